The van der Waals surface area contributed by atoms with Crippen molar-refractivity contribution in [2.75, 3.05) is 0 Å². The van der Waals surface area contributed by atoms with Crippen LogP contribution in [0.5, 0.6) is 0 Å². The summed E-state index contributed by atoms with van der Waals surface area (Å²) in [5, 5.41) is 3.62. The number of aromatic nitrogens is 5. The summed E-state index contributed by atoms with van der Waals surface area (Å²) in [6, 6.07) is 1.34. The molecule has 2 aliphatic rings. The van der Waals surface area contributed by atoms with E-state index in [1.807, 2.05) is 4.57 Å². The summed E-state index contributed by atoms with van der Waals surface area (Å²) in [6.07, 6.45) is 7.80. The van der Waals surface area contributed by atoms with Crippen LogP contribution in [0.25, 0.3) is 22.2 Å². The Bertz CT molecular complexity index is 878. The maximum Gasteiger partial charge on any atom is 0.326 e. The minimum atomic E-state index is -0.0415. The van der Waals surface area contributed by atoms with E-state index < -0.39 is 0 Å². The van der Waals surface area contributed by atoms with Crippen molar-refractivity contribution in [3.05, 3.63) is 23.0 Å². The average molecular weight is 284 g/mol. The van der Waals surface area contributed by atoms with Crippen LogP contribution in [0.3, 0.4) is 0 Å². The third-order valence-electron chi connectivity index (χ3n) is 4.94. The summed E-state index contributed by atoms with van der Waals surface area (Å²) in [7, 11) is 0. The summed E-state index contributed by atoms with van der Waals surface area (Å²) in [4.78, 5) is 27.0. The maximum absolute atomic E-state index is 12.5. The van der Waals surface area contributed by atoms with Gasteiger partial charge in [0.25, 0.3) is 0 Å². The van der Waals surface area contributed by atoms with Crippen molar-refractivity contribution in [3.63, 3.8) is 0 Å². The lowest BCUT2D eigenvalue weighted by Gasteiger charge is -2.29. The monoisotopic (exact) mass is 284 g/mol. The molecule has 0 amide bonds. The molecule has 1 unspecified atom stereocenters. The number of rotatable bonds is 1. The van der Waals surface area contributed by atoms with Gasteiger partial charge in [0.15, 0.2) is 5.65 Å². The van der Waals surface area contributed by atoms with E-state index in [1.165, 1.54) is 12.8 Å². The molecule has 2 aliphatic heterocycles. The second-order valence-corrected chi connectivity index (χ2v) is 6.18. The highest BCUT2D eigenvalue weighted by Crippen LogP contribution is 2.35. The zero-order chi connectivity index (χ0) is 14.0. The van der Waals surface area contributed by atoms with Crippen LogP contribution in [0.15, 0.2) is 17.3 Å². The lowest BCUT2D eigenvalue weighted by molar-refractivity contribution is 0.299. The third-order valence-corrected chi connectivity index (χ3v) is 4.94. The van der Waals surface area contributed by atoms with Crippen LogP contribution in [-0.4, -0.2) is 36.6 Å². The second-order valence-electron chi connectivity index (χ2n) is 6.18. The van der Waals surface area contributed by atoms with Crippen LogP contribution >= 0.6 is 0 Å². The van der Waals surface area contributed by atoms with E-state index in [4.69, 9.17) is 0 Å². The van der Waals surface area contributed by atoms with E-state index in [0.29, 0.717) is 17.7 Å². The molecule has 108 valence electrons. The minimum Gasteiger partial charge on any atom is -0.341 e. The molecule has 2 bridgehead atoms. The standard InChI is InChI=1S/C14H16N6O/c21-14-19-10-5-15-13-11(16-6-17-13)12(10)20(14)9-3-7-1-2-8(4-9)18-7/h5-9,18H,1-4H2,(H,19,21)(H,15,16,17)/t7-,8+,9?. The summed E-state index contributed by atoms with van der Waals surface area (Å²) in [6.45, 7) is 0. The predicted octanol–water partition coefficient (Wildman–Crippen LogP) is 1.06. The molecule has 7 heteroatoms. The highest BCUT2D eigenvalue weighted by atomic mass is 16.1. The van der Waals surface area contributed by atoms with Gasteiger partial charge in [-0.3, -0.25) is 4.57 Å². The minimum absolute atomic E-state index is 0.0415. The number of H-pyrrole nitrogens is 2. The van der Waals surface area contributed by atoms with E-state index >= 15 is 0 Å². The van der Waals surface area contributed by atoms with Crippen LogP contribution in [0.4, 0.5) is 0 Å². The molecule has 2 saturated heterocycles. The van der Waals surface area contributed by atoms with E-state index in [1.54, 1.807) is 12.5 Å². The first-order chi connectivity index (χ1) is 10.3. The first kappa shape index (κ1) is 11.5. The van der Waals surface area contributed by atoms with Gasteiger partial charge in [0, 0.05) is 18.1 Å². The number of fused-ring (bicyclic) bond motifs is 5. The Balaban J connectivity index is 1.76. The molecular formula is C14H16N6O. The van der Waals surface area contributed by atoms with Crippen LogP contribution in [0.1, 0.15) is 31.7 Å². The highest BCUT2D eigenvalue weighted by Gasteiger charge is 2.35. The van der Waals surface area contributed by atoms with Gasteiger partial charge in [-0.2, -0.15) is 0 Å². The summed E-state index contributed by atoms with van der Waals surface area (Å²) < 4.78 is 1.92. The molecule has 3 N–H and O–H groups in total. The number of nitrogens with one attached hydrogen (secondary N) is 3. The van der Waals surface area contributed by atoms with Crippen LogP contribution in [0, 0.1) is 0 Å². The lowest BCUT2D eigenvalue weighted by atomic mass is 9.99. The SMILES string of the molecule is O=c1[nH]c2cnc3nc[nH]c3c2n1C1C[C@H]2CC[C@@H](C1)N2. The molecule has 3 aromatic rings. The Morgan fingerprint density at radius 3 is 2.81 bits per heavy atom. The van der Waals surface area contributed by atoms with E-state index in [9.17, 15) is 4.79 Å². The molecule has 0 saturated carbocycles. The quantitative estimate of drug-likeness (QED) is 0.623. The summed E-state index contributed by atoms with van der Waals surface area (Å²) in [5.74, 6) is 0. The smallest absolute Gasteiger partial charge is 0.326 e. The molecular weight excluding hydrogens is 268 g/mol. The molecule has 3 atom stereocenters. The van der Waals surface area contributed by atoms with Crippen molar-refractivity contribution in [2.24, 2.45) is 0 Å². The molecule has 7 nitrogen and oxygen atoms in total. The first-order valence-electron chi connectivity index (χ1n) is 7.48. The first-order valence-corrected chi connectivity index (χ1v) is 7.48. The fraction of sp³-hybridized carbons (Fsp3) is 0.500. The molecule has 0 aliphatic carbocycles. The number of aromatic amines is 2. The topological polar surface area (TPSA) is 91.4 Å². The van der Waals surface area contributed by atoms with Gasteiger partial charge in [0.05, 0.1) is 23.6 Å². The Morgan fingerprint density at radius 2 is 2.00 bits per heavy atom. The normalized spacial score (nSPS) is 28.7. The van der Waals surface area contributed by atoms with Gasteiger partial charge in [-0.25, -0.2) is 14.8 Å². The number of imidazole rings is 2. The molecule has 5 heterocycles. The van der Waals surface area contributed by atoms with Gasteiger partial charge in [-0.15, -0.1) is 0 Å². The molecule has 3 aromatic heterocycles. The average Bonchev–Trinajstić information content (AvgIpc) is 3.14. The number of pyridine rings is 1. The fourth-order valence-electron chi connectivity index (χ4n) is 4.09. The van der Waals surface area contributed by atoms with Gasteiger partial charge in [0.1, 0.15) is 5.52 Å². The van der Waals surface area contributed by atoms with E-state index in [0.717, 1.165) is 29.4 Å². The maximum atomic E-state index is 12.5. The summed E-state index contributed by atoms with van der Waals surface area (Å²) >= 11 is 0. The highest BCUT2D eigenvalue weighted by molar-refractivity contribution is 5.98. The molecule has 5 rings (SSSR count). The van der Waals surface area contributed by atoms with Gasteiger partial charge in [-0.1, -0.05) is 0 Å². The van der Waals surface area contributed by atoms with Gasteiger partial charge in [0.2, 0.25) is 0 Å². The van der Waals surface area contributed by atoms with Crippen molar-refractivity contribution >= 4 is 22.2 Å². The Labute approximate surface area is 119 Å². The van der Waals surface area contributed by atoms with E-state index in [-0.39, 0.29) is 11.7 Å². The lowest BCUT2D eigenvalue weighted by Crippen LogP contribution is -2.40. The van der Waals surface area contributed by atoms with Crippen LogP contribution in [-0.2, 0) is 0 Å². The number of piperidine rings is 1. The number of nitrogens with zero attached hydrogens (tertiary/aromatic N) is 3. The van der Waals surface area contributed by atoms with Gasteiger partial charge >= 0.3 is 5.69 Å². The Morgan fingerprint density at radius 1 is 1.19 bits per heavy atom. The zero-order valence-electron chi connectivity index (χ0n) is 11.5. The van der Waals surface area contributed by atoms with E-state index in [2.05, 4.69) is 25.3 Å². The van der Waals surface area contributed by atoms with Gasteiger partial charge in [-0.05, 0) is 25.7 Å². The van der Waals surface area contributed by atoms with Gasteiger partial charge < -0.3 is 15.3 Å². The Hall–Kier alpha value is -2.15. The molecule has 2 fully saturated rings. The third kappa shape index (κ3) is 1.55. The molecule has 0 aromatic carbocycles. The zero-order valence-corrected chi connectivity index (χ0v) is 11.5. The van der Waals surface area contributed by atoms with Crippen molar-refractivity contribution in [2.45, 2.75) is 43.8 Å². The van der Waals surface area contributed by atoms with Crippen molar-refractivity contribution in [1.82, 2.24) is 29.8 Å². The van der Waals surface area contributed by atoms with Crippen LogP contribution < -0.4 is 11.0 Å². The fourth-order valence-corrected chi connectivity index (χ4v) is 4.09. The largest absolute Gasteiger partial charge is 0.341 e. The summed E-state index contributed by atoms with van der Waals surface area (Å²) in [5.41, 5.74) is 3.15. The predicted molar refractivity (Wildman–Crippen MR) is 78.2 cm³/mol. The van der Waals surface area contributed by atoms with Crippen LogP contribution in [0.2, 0.25) is 0 Å². The molecule has 0 spiro atoms. The number of hydrogen-bond acceptors (Lipinski definition) is 4. The second kappa shape index (κ2) is 3.94. The Kier molecular flexibility index (Phi) is 2.16. The number of hydrogen-bond donors (Lipinski definition) is 3. The van der Waals surface area contributed by atoms with Crippen molar-refractivity contribution < 1.29 is 0 Å². The van der Waals surface area contributed by atoms with Crippen molar-refractivity contribution in [1.29, 1.82) is 0 Å². The molecule has 21 heavy (non-hydrogen) atoms. The molecule has 0 radical (unpaired) electrons. The van der Waals surface area contributed by atoms with Crippen molar-refractivity contribution in [3.8, 4) is 0 Å².